The number of carbonyl (C=O) groups is 1. The monoisotopic (exact) mass is 332 g/mol. The smallest absolute Gasteiger partial charge is 0.338 e. The first-order valence-corrected chi connectivity index (χ1v) is 9.91. The second-order valence-corrected chi connectivity index (χ2v) is 7.06. The predicted octanol–water partition coefficient (Wildman–Crippen LogP) is 6.85. The molecule has 0 radical (unpaired) electrons. The van der Waals surface area contributed by atoms with E-state index >= 15 is 0 Å². The van der Waals surface area contributed by atoms with Crippen LogP contribution in [0.3, 0.4) is 0 Å². The third-order valence-corrected chi connectivity index (χ3v) is 4.53. The van der Waals surface area contributed by atoms with Gasteiger partial charge in [-0.2, -0.15) is 0 Å². The van der Waals surface area contributed by atoms with E-state index in [9.17, 15) is 4.79 Å². The molecule has 1 aromatic rings. The molecule has 0 N–H and O–H groups in total. The lowest BCUT2D eigenvalue weighted by Crippen LogP contribution is -2.15. The van der Waals surface area contributed by atoms with Gasteiger partial charge in [-0.1, -0.05) is 82.4 Å². The first kappa shape index (κ1) is 20.7. The molecule has 2 heteroatoms. The Bertz CT molecular complexity index is 453. The Morgan fingerprint density at radius 1 is 0.958 bits per heavy atom. The van der Waals surface area contributed by atoms with Gasteiger partial charge < -0.3 is 4.74 Å². The fourth-order valence-electron chi connectivity index (χ4n) is 3.00. The van der Waals surface area contributed by atoms with Gasteiger partial charge in [0.15, 0.2) is 0 Å². The molecule has 1 rings (SSSR count). The fraction of sp³-hybridized carbons (Fsp3) is 0.682. The van der Waals surface area contributed by atoms with Crippen molar-refractivity contribution in [1.29, 1.82) is 0 Å². The molecule has 0 heterocycles. The number of hydrogen-bond acceptors (Lipinski definition) is 2. The molecule has 136 valence electrons. The van der Waals surface area contributed by atoms with Crippen LogP contribution in [0, 0.1) is 6.92 Å². The normalized spacial score (nSPS) is 12.1. The molecule has 0 saturated heterocycles. The number of benzene rings is 1. The van der Waals surface area contributed by atoms with Gasteiger partial charge in [-0.25, -0.2) is 4.79 Å². The van der Waals surface area contributed by atoms with E-state index in [0.717, 1.165) is 18.4 Å². The highest BCUT2D eigenvalue weighted by Crippen LogP contribution is 2.14. The quantitative estimate of drug-likeness (QED) is 0.291. The Hall–Kier alpha value is -1.31. The number of esters is 1. The van der Waals surface area contributed by atoms with E-state index in [0.29, 0.717) is 5.56 Å². The largest absolute Gasteiger partial charge is 0.459 e. The third-order valence-electron chi connectivity index (χ3n) is 4.53. The molecule has 1 unspecified atom stereocenters. The van der Waals surface area contributed by atoms with Gasteiger partial charge in [0.1, 0.15) is 0 Å². The molecule has 24 heavy (non-hydrogen) atoms. The van der Waals surface area contributed by atoms with Crippen LogP contribution in [-0.4, -0.2) is 12.1 Å². The topological polar surface area (TPSA) is 26.3 Å². The Balaban J connectivity index is 2.02. The van der Waals surface area contributed by atoms with E-state index in [1.165, 1.54) is 57.8 Å². The highest BCUT2D eigenvalue weighted by Gasteiger charge is 2.11. The number of rotatable bonds is 13. The Morgan fingerprint density at radius 2 is 1.54 bits per heavy atom. The number of unbranched alkanes of at least 4 members (excludes halogenated alkanes) is 9. The van der Waals surface area contributed by atoms with E-state index in [2.05, 4.69) is 6.92 Å². The minimum absolute atomic E-state index is 0.00653. The highest BCUT2D eigenvalue weighted by molar-refractivity contribution is 5.89. The molecular formula is C22H36O2. The molecule has 1 aromatic carbocycles. The van der Waals surface area contributed by atoms with Gasteiger partial charge in [-0.05, 0) is 38.8 Å². The molecule has 0 spiro atoms. The zero-order valence-corrected chi connectivity index (χ0v) is 16.0. The molecule has 0 amide bonds. The Labute approximate surface area is 149 Å². The fourth-order valence-corrected chi connectivity index (χ4v) is 3.00. The highest BCUT2D eigenvalue weighted by atomic mass is 16.5. The Morgan fingerprint density at radius 3 is 2.12 bits per heavy atom. The molecule has 0 aliphatic rings. The van der Waals surface area contributed by atoms with Crippen LogP contribution in [0.2, 0.25) is 0 Å². The van der Waals surface area contributed by atoms with Gasteiger partial charge in [0.05, 0.1) is 11.7 Å². The number of hydrogen-bond donors (Lipinski definition) is 0. The minimum Gasteiger partial charge on any atom is -0.459 e. The molecule has 0 aliphatic heterocycles. The summed E-state index contributed by atoms with van der Waals surface area (Å²) in [4.78, 5) is 12.1. The third kappa shape index (κ3) is 9.75. The van der Waals surface area contributed by atoms with Gasteiger partial charge in [-0.15, -0.1) is 0 Å². The van der Waals surface area contributed by atoms with Crippen molar-refractivity contribution in [2.75, 3.05) is 0 Å². The maximum Gasteiger partial charge on any atom is 0.338 e. The van der Waals surface area contributed by atoms with Crippen LogP contribution in [-0.2, 0) is 4.74 Å². The first-order valence-electron chi connectivity index (χ1n) is 9.91. The second kappa shape index (κ2) is 13.0. The first-order chi connectivity index (χ1) is 11.6. The maximum atomic E-state index is 12.1. The maximum absolute atomic E-state index is 12.1. The van der Waals surface area contributed by atoms with Crippen LogP contribution in [0.5, 0.6) is 0 Å². The van der Waals surface area contributed by atoms with Crippen LogP contribution >= 0.6 is 0 Å². The zero-order valence-electron chi connectivity index (χ0n) is 16.0. The molecule has 2 nitrogen and oxygen atoms in total. The summed E-state index contributed by atoms with van der Waals surface area (Å²) >= 11 is 0. The van der Waals surface area contributed by atoms with Gasteiger partial charge in [0.2, 0.25) is 0 Å². The molecule has 0 fully saturated rings. The van der Waals surface area contributed by atoms with Crippen LogP contribution in [0.15, 0.2) is 24.3 Å². The van der Waals surface area contributed by atoms with Crippen molar-refractivity contribution in [3.63, 3.8) is 0 Å². The SMILES string of the molecule is CCCCCCCCCCCCC(C)OC(=O)c1cccc(C)c1. The average molecular weight is 333 g/mol. The standard InChI is InChI=1S/C22H36O2/c1-4-5-6-7-8-9-10-11-12-13-16-20(3)24-22(23)21-17-14-15-19(2)18-21/h14-15,17-18,20H,4-13,16H2,1-3H3. The van der Waals surface area contributed by atoms with Crippen molar-refractivity contribution in [3.05, 3.63) is 35.4 Å². The molecule has 0 bridgehead atoms. The van der Waals surface area contributed by atoms with Crippen molar-refractivity contribution in [1.82, 2.24) is 0 Å². The van der Waals surface area contributed by atoms with Gasteiger partial charge in [0, 0.05) is 0 Å². The lowest BCUT2D eigenvalue weighted by atomic mass is 10.0. The molecule has 1 atom stereocenters. The molecule has 0 saturated carbocycles. The minimum atomic E-state index is -0.196. The second-order valence-electron chi connectivity index (χ2n) is 7.06. The van der Waals surface area contributed by atoms with Crippen LogP contribution in [0.1, 0.15) is 100 Å². The van der Waals surface area contributed by atoms with Crippen molar-refractivity contribution >= 4 is 5.97 Å². The van der Waals surface area contributed by atoms with Crippen molar-refractivity contribution in [2.45, 2.75) is 97.5 Å². The summed E-state index contributed by atoms with van der Waals surface area (Å²) in [6, 6.07) is 7.60. The van der Waals surface area contributed by atoms with E-state index in [1.807, 2.05) is 38.1 Å². The zero-order chi connectivity index (χ0) is 17.6. The summed E-state index contributed by atoms with van der Waals surface area (Å²) in [6.07, 6.45) is 14.3. The van der Waals surface area contributed by atoms with Crippen LogP contribution < -0.4 is 0 Å². The molecular weight excluding hydrogens is 296 g/mol. The van der Waals surface area contributed by atoms with Crippen molar-refractivity contribution in [2.24, 2.45) is 0 Å². The van der Waals surface area contributed by atoms with Crippen molar-refractivity contribution < 1.29 is 9.53 Å². The predicted molar refractivity (Wildman–Crippen MR) is 103 cm³/mol. The summed E-state index contributed by atoms with van der Waals surface area (Å²) in [7, 11) is 0. The Kier molecular flexibility index (Phi) is 11.3. The van der Waals surface area contributed by atoms with Gasteiger partial charge in [-0.3, -0.25) is 0 Å². The lowest BCUT2D eigenvalue weighted by Gasteiger charge is -2.13. The summed E-state index contributed by atoms with van der Waals surface area (Å²) in [6.45, 7) is 6.25. The van der Waals surface area contributed by atoms with Crippen LogP contribution in [0.4, 0.5) is 0 Å². The molecule has 0 aromatic heterocycles. The summed E-state index contributed by atoms with van der Waals surface area (Å²) in [5, 5.41) is 0. The summed E-state index contributed by atoms with van der Waals surface area (Å²) in [5.74, 6) is -0.196. The van der Waals surface area contributed by atoms with Crippen molar-refractivity contribution in [3.8, 4) is 0 Å². The lowest BCUT2D eigenvalue weighted by molar-refractivity contribution is 0.0319. The van der Waals surface area contributed by atoms with E-state index < -0.39 is 0 Å². The molecule has 0 aliphatic carbocycles. The number of ether oxygens (including phenoxy) is 1. The van der Waals surface area contributed by atoms with E-state index in [1.54, 1.807) is 0 Å². The van der Waals surface area contributed by atoms with Gasteiger partial charge in [0.25, 0.3) is 0 Å². The van der Waals surface area contributed by atoms with Crippen LogP contribution in [0.25, 0.3) is 0 Å². The summed E-state index contributed by atoms with van der Waals surface area (Å²) in [5.41, 5.74) is 1.75. The van der Waals surface area contributed by atoms with Gasteiger partial charge >= 0.3 is 5.97 Å². The van der Waals surface area contributed by atoms with E-state index in [4.69, 9.17) is 4.74 Å². The van der Waals surface area contributed by atoms with E-state index in [-0.39, 0.29) is 12.1 Å². The average Bonchev–Trinajstić information content (AvgIpc) is 2.56. The summed E-state index contributed by atoms with van der Waals surface area (Å²) < 4.78 is 5.54. The number of carbonyl (C=O) groups excluding carboxylic acids is 1. The number of aryl methyl sites for hydroxylation is 1.